The van der Waals surface area contributed by atoms with Gasteiger partial charge >= 0.3 is 0 Å². The smallest absolute Gasteiger partial charge is 0.284 e. The standard InChI is InChI=1S/C13H10N2O2S/c14-10-18-12-6-7-15(13(16)8-12)17-9-11-4-2-1-3-5-11/h1-8H,9H2. The lowest BCUT2D eigenvalue weighted by Gasteiger charge is -2.08. The topological polar surface area (TPSA) is 55.0 Å². The van der Waals surface area contributed by atoms with Gasteiger partial charge in [0, 0.05) is 17.2 Å². The van der Waals surface area contributed by atoms with E-state index in [1.54, 1.807) is 6.07 Å². The summed E-state index contributed by atoms with van der Waals surface area (Å²) in [5.41, 5.74) is 0.700. The van der Waals surface area contributed by atoms with E-state index in [9.17, 15) is 4.79 Å². The number of nitriles is 1. The Morgan fingerprint density at radius 2 is 2.06 bits per heavy atom. The van der Waals surface area contributed by atoms with E-state index in [4.69, 9.17) is 10.1 Å². The van der Waals surface area contributed by atoms with Gasteiger partial charge in [-0.3, -0.25) is 4.79 Å². The van der Waals surface area contributed by atoms with Crippen molar-refractivity contribution in [3.63, 3.8) is 0 Å². The van der Waals surface area contributed by atoms with Gasteiger partial charge in [-0.15, -0.1) is 0 Å². The van der Waals surface area contributed by atoms with Crippen molar-refractivity contribution < 1.29 is 4.84 Å². The Labute approximate surface area is 108 Å². The molecule has 0 saturated heterocycles. The van der Waals surface area contributed by atoms with Crippen molar-refractivity contribution in [3.8, 4) is 5.40 Å². The lowest BCUT2D eigenvalue weighted by molar-refractivity contribution is 0.0887. The summed E-state index contributed by atoms with van der Waals surface area (Å²) in [6.45, 7) is 0.325. The fourth-order valence-electron chi connectivity index (χ4n) is 1.39. The van der Waals surface area contributed by atoms with Crippen molar-refractivity contribution in [2.45, 2.75) is 11.5 Å². The van der Waals surface area contributed by atoms with Crippen molar-refractivity contribution in [1.29, 1.82) is 5.26 Å². The summed E-state index contributed by atoms with van der Waals surface area (Å²) >= 11 is 0.949. The van der Waals surface area contributed by atoms with Gasteiger partial charge in [0.2, 0.25) is 0 Å². The predicted octanol–water partition coefficient (Wildman–Crippen LogP) is 2.05. The largest absolute Gasteiger partial charge is 0.406 e. The number of hydrogen-bond donors (Lipinski definition) is 0. The monoisotopic (exact) mass is 258 g/mol. The molecule has 0 atom stereocenters. The molecule has 0 fully saturated rings. The van der Waals surface area contributed by atoms with Crippen LogP contribution in [0.25, 0.3) is 0 Å². The molecule has 90 valence electrons. The van der Waals surface area contributed by atoms with E-state index in [0.717, 1.165) is 22.1 Å². The van der Waals surface area contributed by atoms with Gasteiger partial charge in [0.25, 0.3) is 5.56 Å². The molecule has 2 rings (SSSR count). The molecule has 0 aliphatic rings. The number of rotatable bonds is 4. The highest BCUT2D eigenvalue weighted by atomic mass is 32.2. The number of hydrogen-bond acceptors (Lipinski definition) is 4. The first-order valence-electron chi connectivity index (χ1n) is 5.25. The summed E-state index contributed by atoms with van der Waals surface area (Å²) in [4.78, 5) is 17.6. The SMILES string of the molecule is N#CSc1ccn(OCc2ccccc2)c(=O)c1. The summed E-state index contributed by atoms with van der Waals surface area (Å²) in [7, 11) is 0. The van der Waals surface area contributed by atoms with Crippen LogP contribution >= 0.6 is 11.8 Å². The van der Waals surface area contributed by atoms with Gasteiger partial charge in [-0.25, -0.2) is 0 Å². The molecule has 2 aromatic rings. The van der Waals surface area contributed by atoms with Crippen LogP contribution in [-0.2, 0) is 6.61 Å². The normalized spacial score (nSPS) is 9.72. The molecule has 4 nitrogen and oxygen atoms in total. The van der Waals surface area contributed by atoms with Gasteiger partial charge < -0.3 is 4.84 Å². The molecule has 0 saturated carbocycles. The lowest BCUT2D eigenvalue weighted by Crippen LogP contribution is -2.25. The van der Waals surface area contributed by atoms with Crippen LogP contribution in [0.3, 0.4) is 0 Å². The van der Waals surface area contributed by atoms with Crippen molar-refractivity contribution in [2.75, 3.05) is 0 Å². The van der Waals surface area contributed by atoms with Gasteiger partial charge in [-0.05, 0) is 23.4 Å². The average Bonchev–Trinajstić information content (AvgIpc) is 2.39. The Bertz CT molecular complexity index is 617. The molecule has 18 heavy (non-hydrogen) atoms. The number of benzene rings is 1. The maximum atomic E-state index is 11.7. The maximum absolute atomic E-state index is 11.7. The van der Waals surface area contributed by atoms with E-state index in [2.05, 4.69) is 0 Å². The van der Waals surface area contributed by atoms with Crippen LogP contribution in [0.2, 0.25) is 0 Å². The van der Waals surface area contributed by atoms with Crippen LogP contribution in [0, 0.1) is 10.7 Å². The number of nitrogens with zero attached hydrogens (tertiary/aromatic N) is 2. The van der Waals surface area contributed by atoms with Crippen LogP contribution in [0.4, 0.5) is 0 Å². The second kappa shape index (κ2) is 5.94. The fraction of sp³-hybridized carbons (Fsp3) is 0.0769. The molecule has 1 aromatic carbocycles. The molecular weight excluding hydrogens is 248 g/mol. The Morgan fingerprint density at radius 3 is 2.72 bits per heavy atom. The van der Waals surface area contributed by atoms with E-state index < -0.39 is 0 Å². The summed E-state index contributed by atoms with van der Waals surface area (Å²) in [5.74, 6) is 0. The maximum Gasteiger partial charge on any atom is 0.284 e. The minimum absolute atomic E-state index is 0.286. The highest BCUT2D eigenvalue weighted by molar-refractivity contribution is 8.03. The summed E-state index contributed by atoms with van der Waals surface area (Å²) in [5, 5.41) is 10.4. The minimum atomic E-state index is -0.286. The van der Waals surface area contributed by atoms with Crippen LogP contribution in [0.5, 0.6) is 0 Å². The first-order chi connectivity index (χ1) is 8.79. The molecule has 0 radical (unpaired) electrons. The number of aromatic nitrogens is 1. The van der Waals surface area contributed by atoms with Gasteiger partial charge in [-0.1, -0.05) is 30.3 Å². The fourth-order valence-corrected chi connectivity index (χ4v) is 1.78. The Morgan fingerprint density at radius 1 is 1.28 bits per heavy atom. The zero-order valence-corrected chi connectivity index (χ0v) is 10.3. The van der Waals surface area contributed by atoms with Crippen LogP contribution in [0.15, 0.2) is 58.4 Å². The van der Waals surface area contributed by atoms with E-state index in [1.165, 1.54) is 12.3 Å². The van der Waals surface area contributed by atoms with Gasteiger partial charge in [0.1, 0.15) is 12.0 Å². The third kappa shape index (κ3) is 3.15. The molecule has 0 amide bonds. The molecule has 1 heterocycles. The molecule has 5 heteroatoms. The van der Waals surface area contributed by atoms with Gasteiger partial charge in [0.05, 0.1) is 0 Å². The quantitative estimate of drug-likeness (QED) is 0.622. The van der Waals surface area contributed by atoms with Crippen LogP contribution in [-0.4, -0.2) is 4.73 Å². The first-order valence-corrected chi connectivity index (χ1v) is 6.07. The molecule has 0 aliphatic heterocycles. The summed E-state index contributed by atoms with van der Waals surface area (Å²) in [6, 6.07) is 12.6. The van der Waals surface area contributed by atoms with Gasteiger partial charge in [-0.2, -0.15) is 9.99 Å². The Hall–Kier alpha value is -2.19. The van der Waals surface area contributed by atoms with Crippen molar-refractivity contribution in [3.05, 3.63) is 64.6 Å². The zero-order valence-electron chi connectivity index (χ0n) is 9.45. The first kappa shape index (κ1) is 12.3. The minimum Gasteiger partial charge on any atom is -0.406 e. The van der Waals surface area contributed by atoms with E-state index in [-0.39, 0.29) is 5.56 Å². The predicted molar refractivity (Wildman–Crippen MR) is 68.9 cm³/mol. The lowest BCUT2D eigenvalue weighted by atomic mass is 10.2. The molecule has 0 N–H and O–H groups in total. The summed E-state index contributed by atoms with van der Waals surface area (Å²) < 4.78 is 1.16. The molecule has 0 aliphatic carbocycles. The van der Waals surface area contributed by atoms with Crippen molar-refractivity contribution in [1.82, 2.24) is 4.73 Å². The molecule has 1 aromatic heterocycles. The molecular formula is C13H10N2O2S. The molecule has 0 spiro atoms. The summed E-state index contributed by atoms with van der Waals surface area (Å²) in [6.07, 6.45) is 1.52. The van der Waals surface area contributed by atoms with Crippen LogP contribution < -0.4 is 10.4 Å². The highest BCUT2D eigenvalue weighted by Crippen LogP contribution is 2.12. The van der Waals surface area contributed by atoms with Gasteiger partial charge in [0.15, 0.2) is 0 Å². The van der Waals surface area contributed by atoms with Crippen molar-refractivity contribution >= 4 is 11.8 Å². The Balaban J connectivity index is 2.07. The number of thioether (sulfide) groups is 1. The zero-order chi connectivity index (χ0) is 12.8. The van der Waals surface area contributed by atoms with E-state index >= 15 is 0 Å². The Kier molecular flexibility index (Phi) is 4.05. The average molecular weight is 258 g/mol. The highest BCUT2D eigenvalue weighted by Gasteiger charge is 2.00. The second-order valence-corrected chi connectivity index (χ2v) is 4.34. The third-order valence-corrected chi connectivity index (χ3v) is 2.81. The molecule has 0 bridgehead atoms. The number of thiocyanates is 1. The van der Waals surface area contributed by atoms with Crippen molar-refractivity contribution in [2.24, 2.45) is 0 Å². The van der Waals surface area contributed by atoms with E-state index in [1.807, 2.05) is 35.7 Å². The van der Waals surface area contributed by atoms with E-state index in [0.29, 0.717) is 11.5 Å². The number of pyridine rings is 1. The van der Waals surface area contributed by atoms with Crippen LogP contribution in [0.1, 0.15) is 5.56 Å². The second-order valence-electron chi connectivity index (χ2n) is 3.48. The molecule has 0 unspecified atom stereocenters. The third-order valence-electron chi connectivity index (χ3n) is 2.23.